The molecule has 0 bridgehead atoms. The molecular formula is C11H15N3O2. The number of pyridine rings is 1. The van der Waals surface area contributed by atoms with E-state index in [4.69, 9.17) is 5.73 Å². The van der Waals surface area contributed by atoms with Gasteiger partial charge in [-0.15, -0.1) is 0 Å². The van der Waals surface area contributed by atoms with Crippen LogP contribution in [0.15, 0.2) is 24.4 Å². The van der Waals surface area contributed by atoms with Crippen molar-refractivity contribution in [1.29, 1.82) is 0 Å². The van der Waals surface area contributed by atoms with E-state index in [0.717, 1.165) is 5.69 Å². The van der Waals surface area contributed by atoms with Crippen LogP contribution in [0.1, 0.15) is 24.6 Å². The monoisotopic (exact) mass is 221 g/mol. The summed E-state index contributed by atoms with van der Waals surface area (Å²) < 4.78 is 0. The molecule has 2 rings (SSSR count). The van der Waals surface area contributed by atoms with E-state index in [2.05, 4.69) is 4.98 Å². The summed E-state index contributed by atoms with van der Waals surface area (Å²) in [4.78, 5) is 17.1. The Bertz CT molecular complexity index is 369. The van der Waals surface area contributed by atoms with E-state index < -0.39 is 6.03 Å². The number of nitrogens with two attached hydrogens (primary N) is 1. The second kappa shape index (κ2) is 4.49. The molecule has 2 amide bonds. The average molecular weight is 221 g/mol. The van der Waals surface area contributed by atoms with Gasteiger partial charge in [0.15, 0.2) is 0 Å². The van der Waals surface area contributed by atoms with Gasteiger partial charge < -0.3 is 15.7 Å². The van der Waals surface area contributed by atoms with Gasteiger partial charge in [0.1, 0.15) is 0 Å². The predicted octanol–water partition coefficient (Wildman–Crippen LogP) is 0.658. The van der Waals surface area contributed by atoms with E-state index in [-0.39, 0.29) is 12.1 Å². The Kier molecular flexibility index (Phi) is 3.05. The number of likely N-dealkylation sites (tertiary alicyclic amines) is 1. The number of hydrogen-bond acceptors (Lipinski definition) is 3. The molecule has 0 aliphatic carbocycles. The summed E-state index contributed by atoms with van der Waals surface area (Å²) in [5.74, 6) is 0. The molecule has 0 aromatic carbocycles. The van der Waals surface area contributed by atoms with Crippen molar-refractivity contribution in [3.8, 4) is 0 Å². The number of rotatable bonds is 1. The van der Waals surface area contributed by atoms with Gasteiger partial charge in [0.2, 0.25) is 0 Å². The van der Waals surface area contributed by atoms with Crippen LogP contribution in [0, 0.1) is 0 Å². The Labute approximate surface area is 93.9 Å². The highest BCUT2D eigenvalue weighted by Crippen LogP contribution is 2.29. The van der Waals surface area contributed by atoms with Gasteiger partial charge in [-0.1, -0.05) is 6.07 Å². The van der Waals surface area contributed by atoms with Gasteiger partial charge in [-0.25, -0.2) is 4.79 Å². The quantitative estimate of drug-likeness (QED) is 0.731. The standard InChI is InChI=1S/C11H15N3O2/c12-11(16)14-6-4-8(15)7-10(14)9-3-1-2-5-13-9/h1-3,5,8,10,15H,4,6-7H2,(H2,12,16). The fourth-order valence-corrected chi connectivity index (χ4v) is 2.06. The molecule has 1 saturated heterocycles. The van der Waals surface area contributed by atoms with Crippen LogP contribution in [0.5, 0.6) is 0 Å². The number of piperidine rings is 1. The molecule has 0 spiro atoms. The van der Waals surface area contributed by atoms with Crippen molar-refractivity contribution in [3.63, 3.8) is 0 Å². The highest BCUT2D eigenvalue weighted by Gasteiger charge is 2.31. The molecule has 16 heavy (non-hydrogen) atoms. The minimum absolute atomic E-state index is 0.206. The lowest BCUT2D eigenvalue weighted by Crippen LogP contribution is -2.45. The molecule has 3 N–H and O–H groups in total. The van der Waals surface area contributed by atoms with Gasteiger partial charge in [-0.05, 0) is 25.0 Å². The van der Waals surface area contributed by atoms with Crippen LogP contribution in [0.25, 0.3) is 0 Å². The highest BCUT2D eigenvalue weighted by atomic mass is 16.3. The summed E-state index contributed by atoms with van der Waals surface area (Å²) in [6, 6.07) is 4.86. The number of aliphatic hydroxyl groups excluding tert-OH is 1. The van der Waals surface area contributed by atoms with Gasteiger partial charge in [0.25, 0.3) is 0 Å². The SMILES string of the molecule is NC(=O)N1CCC(O)CC1c1ccccn1. The zero-order valence-electron chi connectivity index (χ0n) is 8.91. The van der Waals surface area contributed by atoms with Gasteiger partial charge in [0.05, 0.1) is 17.8 Å². The summed E-state index contributed by atoms with van der Waals surface area (Å²) in [5, 5.41) is 9.63. The van der Waals surface area contributed by atoms with E-state index >= 15 is 0 Å². The number of primary amides is 1. The Morgan fingerprint density at radius 3 is 3.00 bits per heavy atom. The third kappa shape index (κ3) is 2.14. The van der Waals surface area contributed by atoms with Crippen molar-refractivity contribution >= 4 is 6.03 Å². The Hall–Kier alpha value is -1.62. The molecule has 0 radical (unpaired) electrons. The maximum atomic E-state index is 11.3. The van der Waals surface area contributed by atoms with Crippen molar-refractivity contribution in [2.24, 2.45) is 5.73 Å². The summed E-state index contributed by atoms with van der Waals surface area (Å²) >= 11 is 0. The maximum absolute atomic E-state index is 11.3. The molecule has 2 unspecified atom stereocenters. The third-order valence-corrected chi connectivity index (χ3v) is 2.89. The predicted molar refractivity (Wildman–Crippen MR) is 58.5 cm³/mol. The Balaban J connectivity index is 2.24. The Morgan fingerprint density at radius 1 is 1.56 bits per heavy atom. The van der Waals surface area contributed by atoms with Gasteiger partial charge >= 0.3 is 6.03 Å². The molecule has 5 nitrogen and oxygen atoms in total. The van der Waals surface area contributed by atoms with Crippen molar-refractivity contribution in [1.82, 2.24) is 9.88 Å². The molecule has 1 aliphatic rings. The van der Waals surface area contributed by atoms with E-state index in [0.29, 0.717) is 19.4 Å². The van der Waals surface area contributed by atoms with Crippen LogP contribution in [-0.2, 0) is 0 Å². The van der Waals surface area contributed by atoms with Gasteiger partial charge in [0, 0.05) is 12.7 Å². The van der Waals surface area contributed by atoms with E-state index in [1.165, 1.54) is 0 Å². The largest absolute Gasteiger partial charge is 0.393 e. The normalized spacial score (nSPS) is 25.4. The van der Waals surface area contributed by atoms with Gasteiger partial charge in [-0.2, -0.15) is 0 Å². The molecule has 2 heterocycles. The number of nitrogens with zero attached hydrogens (tertiary/aromatic N) is 2. The molecular weight excluding hydrogens is 206 g/mol. The van der Waals surface area contributed by atoms with Crippen molar-refractivity contribution in [3.05, 3.63) is 30.1 Å². The van der Waals surface area contributed by atoms with Crippen molar-refractivity contribution in [2.75, 3.05) is 6.54 Å². The van der Waals surface area contributed by atoms with Crippen LogP contribution in [-0.4, -0.2) is 33.7 Å². The first kappa shape index (κ1) is 10.9. The fourth-order valence-electron chi connectivity index (χ4n) is 2.06. The van der Waals surface area contributed by atoms with E-state index in [1.807, 2.05) is 18.2 Å². The molecule has 5 heteroatoms. The zero-order chi connectivity index (χ0) is 11.5. The fraction of sp³-hybridized carbons (Fsp3) is 0.455. The minimum Gasteiger partial charge on any atom is -0.393 e. The van der Waals surface area contributed by atoms with Crippen LogP contribution in [0.3, 0.4) is 0 Å². The van der Waals surface area contributed by atoms with Crippen LogP contribution < -0.4 is 5.73 Å². The third-order valence-electron chi connectivity index (χ3n) is 2.89. The molecule has 1 fully saturated rings. The zero-order valence-corrected chi connectivity index (χ0v) is 8.91. The lowest BCUT2D eigenvalue weighted by Gasteiger charge is -2.36. The number of carbonyl (C=O) groups is 1. The average Bonchev–Trinajstić information content (AvgIpc) is 2.29. The maximum Gasteiger partial charge on any atom is 0.315 e. The number of aliphatic hydroxyl groups is 1. The van der Waals surface area contributed by atoms with Crippen molar-refractivity contribution in [2.45, 2.75) is 25.0 Å². The first-order valence-corrected chi connectivity index (χ1v) is 5.33. The summed E-state index contributed by atoms with van der Waals surface area (Å²) in [6.07, 6.45) is 2.37. The lowest BCUT2D eigenvalue weighted by atomic mass is 9.97. The second-order valence-corrected chi connectivity index (χ2v) is 3.98. The highest BCUT2D eigenvalue weighted by molar-refractivity contribution is 5.72. The number of amides is 2. The molecule has 86 valence electrons. The van der Waals surface area contributed by atoms with Crippen LogP contribution in [0.2, 0.25) is 0 Å². The van der Waals surface area contributed by atoms with Gasteiger partial charge in [-0.3, -0.25) is 4.98 Å². The number of urea groups is 1. The lowest BCUT2D eigenvalue weighted by molar-refractivity contribution is 0.0597. The van der Waals surface area contributed by atoms with Crippen LogP contribution in [0.4, 0.5) is 4.79 Å². The van der Waals surface area contributed by atoms with Crippen molar-refractivity contribution < 1.29 is 9.90 Å². The summed E-state index contributed by atoms with van der Waals surface area (Å²) in [6.45, 7) is 0.484. The second-order valence-electron chi connectivity index (χ2n) is 3.98. The molecule has 1 aromatic heterocycles. The number of carbonyl (C=O) groups excluding carboxylic acids is 1. The number of hydrogen-bond donors (Lipinski definition) is 2. The smallest absolute Gasteiger partial charge is 0.315 e. The number of aromatic nitrogens is 1. The molecule has 0 saturated carbocycles. The molecule has 1 aliphatic heterocycles. The van der Waals surface area contributed by atoms with E-state index in [1.54, 1.807) is 11.1 Å². The molecule has 2 atom stereocenters. The Morgan fingerprint density at radius 2 is 2.38 bits per heavy atom. The van der Waals surface area contributed by atoms with E-state index in [9.17, 15) is 9.90 Å². The molecule has 1 aromatic rings. The van der Waals surface area contributed by atoms with Crippen LogP contribution >= 0.6 is 0 Å². The summed E-state index contributed by atoms with van der Waals surface area (Å²) in [7, 11) is 0. The first-order chi connectivity index (χ1) is 7.68. The topological polar surface area (TPSA) is 79.5 Å². The minimum atomic E-state index is -0.456. The first-order valence-electron chi connectivity index (χ1n) is 5.33. The summed E-state index contributed by atoms with van der Waals surface area (Å²) in [5.41, 5.74) is 6.10.